The number of aromatic carboxylic acids is 1. The first-order valence-electron chi connectivity index (χ1n) is 9.84. The molecule has 0 saturated heterocycles. The molecule has 0 amide bonds. The van der Waals surface area contributed by atoms with Gasteiger partial charge < -0.3 is 9.84 Å². The summed E-state index contributed by atoms with van der Waals surface area (Å²) in [5, 5.41) is 9.46. The quantitative estimate of drug-likeness (QED) is 0.349. The third-order valence-corrected chi connectivity index (χ3v) is 6.84. The zero-order valence-electron chi connectivity index (χ0n) is 17.9. The molecular weight excluding hydrogens is 541 g/mol. The number of hydrogen-bond donors (Lipinski definition) is 2. The Morgan fingerprint density at radius 2 is 1.94 bits per heavy atom. The summed E-state index contributed by atoms with van der Waals surface area (Å²) in [6, 6.07) is 11.3. The fraction of sp³-hybridized carbons (Fsp3) is 0.0417. The maximum absolute atomic E-state index is 14.3. The number of nitrogens with zero attached hydrogens (tertiary/aromatic N) is 2. The molecule has 0 fully saturated rings. The molecule has 11 heteroatoms. The highest BCUT2D eigenvalue weighted by molar-refractivity contribution is 9.10. The molecule has 0 aliphatic heterocycles. The highest BCUT2D eigenvalue weighted by Crippen LogP contribution is 2.32. The Labute approximate surface area is 208 Å². The number of halogens is 2. The number of rotatable bonds is 5. The van der Waals surface area contributed by atoms with Crippen molar-refractivity contribution in [1.29, 1.82) is 0 Å². The van der Waals surface area contributed by atoms with E-state index in [4.69, 9.17) is 9.84 Å². The molecule has 4 rings (SSSR count). The number of nitrogens with one attached hydrogen (secondary N) is 1. The van der Waals surface area contributed by atoms with Crippen LogP contribution < -0.4 is 9.46 Å². The van der Waals surface area contributed by atoms with E-state index in [1.807, 2.05) is 0 Å². The predicted molar refractivity (Wildman–Crippen MR) is 130 cm³/mol. The predicted octanol–water partition coefficient (Wildman–Crippen LogP) is 4.44. The number of aromatic nitrogens is 2. The van der Waals surface area contributed by atoms with Crippen LogP contribution in [0, 0.1) is 17.7 Å². The SMILES string of the molecule is COc1ccc(S(=O)(=O)Nc2cc(F)c(Br)cc2C#Cc2ccc(C(=O)O)nc2)c2ncccc12. The summed E-state index contributed by atoms with van der Waals surface area (Å²) in [4.78, 5) is 18.8. The monoisotopic (exact) mass is 555 g/mol. The fourth-order valence-corrected chi connectivity index (χ4v) is 4.76. The summed E-state index contributed by atoms with van der Waals surface area (Å²) in [7, 11) is -2.74. The lowest BCUT2D eigenvalue weighted by Gasteiger charge is -2.13. The number of anilines is 1. The standard InChI is InChI=1S/C24H15BrFN3O5S/c1-34-21-8-9-22(23-16(21)3-2-10-27-23)35(32,33)29-20-12-18(26)17(25)11-15(20)6-4-14-5-7-19(24(30)31)28-13-14/h2-3,5,7-13,29H,1H3,(H,30,31). The van der Waals surface area contributed by atoms with Gasteiger partial charge in [-0.1, -0.05) is 11.8 Å². The van der Waals surface area contributed by atoms with E-state index in [9.17, 15) is 17.6 Å². The molecule has 0 saturated carbocycles. The third kappa shape index (κ3) is 5.08. The van der Waals surface area contributed by atoms with Crippen LogP contribution in [0.5, 0.6) is 5.75 Å². The number of ether oxygens (including phenoxy) is 1. The number of benzene rings is 2. The minimum Gasteiger partial charge on any atom is -0.496 e. The number of hydrogen-bond acceptors (Lipinski definition) is 6. The van der Waals surface area contributed by atoms with Crippen LogP contribution in [0.4, 0.5) is 10.1 Å². The number of fused-ring (bicyclic) bond motifs is 1. The van der Waals surface area contributed by atoms with Gasteiger partial charge in [0, 0.05) is 29.4 Å². The number of carbonyl (C=O) groups is 1. The Morgan fingerprint density at radius 3 is 2.63 bits per heavy atom. The molecule has 4 aromatic rings. The molecule has 0 aliphatic rings. The average molecular weight is 556 g/mol. The van der Waals surface area contributed by atoms with Gasteiger partial charge in [-0.2, -0.15) is 0 Å². The summed E-state index contributed by atoms with van der Waals surface area (Å²) < 4.78 is 48.7. The van der Waals surface area contributed by atoms with Crippen molar-refractivity contribution in [3.63, 3.8) is 0 Å². The van der Waals surface area contributed by atoms with Crippen molar-refractivity contribution < 1.29 is 27.4 Å². The smallest absolute Gasteiger partial charge is 0.354 e. The van der Waals surface area contributed by atoms with Gasteiger partial charge in [-0.25, -0.2) is 22.6 Å². The van der Waals surface area contributed by atoms with Gasteiger partial charge >= 0.3 is 5.97 Å². The topological polar surface area (TPSA) is 118 Å². The van der Waals surface area contributed by atoms with Crippen LogP contribution in [-0.2, 0) is 10.0 Å². The molecule has 176 valence electrons. The van der Waals surface area contributed by atoms with Crippen molar-refractivity contribution in [1.82, 2.24) is 9.97 Å². The zero-order chi connectivity index (χ0) is 25.2. The van der Waals surface area contributed by atoms with Gasteiger partial charge in [-0.3, -0.25) is 9.71 Å². The first-order valence-corrected chi connectivity index (χ1v) is 12.1. The first kappa shape index (κ1) is 24.1. The second-order valence-electron chi connectivity index (χ2n) is 7.07. The Bertz CT molecular complexity index is 1630. The van der Waals surface area contributed by atoms with E-state index in [0.717, 1.165) is 6.07 Å². The minimum absolute atomic E-state index is 0.0839. The summed E-state index contributed by atoms with van der Waals surface area (Å²) >= 11 is 3.08. The molecule has 0 aliphatic carbocycles. The lowest BCUT2D eigenvalue weighted by Crippen LogP contribution is -2.15. The van der Waals surface area contributed by atoms with E-state index in [1.54, 1.807) is 12.1 Å². The van der Waals surface area contributed by atoms with E-state index < -0.39 is 21.8 Å². The van der Waals surface area contributed by atoms with Crippen LogP contribution in [-0.4, -0.2) is 36.6 Å². The van der Waals surface area contributed by atoms with Crippen molar-refractivity contribution in [2.45, 2.75) is 4.90 Å². The molecule has 2 aromatic heterocycles. The second kappa shape index (κ2) is 9.69. The second-order valence-corrected chi connectivity index (χ2v) is 9.58. The van der Waals surface area contributed by atoms with Crippen LogP contribution >= 0.6 is 15.9 Å². The van der Waals surface area contributed by atoms with Gasteiger partial charge in [0.25, 0.3) is 10.0 Å². The first-order chi connectivity index (χ1) is 16.7. The summed E-state index contributed by atoms with van der Waals surface area (Å²) in [6.45, 7) is 0. The van der Waals surface area contributed by atoms with E-state index >= 15 is 0 Å². The molecule has 2 N–H and O–H groups in total. The van der Waals surface area contributed by atoms with Crippen LogP contribution in [0.25, 0.3) is 10.9 Å². The fourth-order valence-electron chi connectivity index (χ4n) is 3.18. The molecule has 2 heterocycles. The van der Waals surface area contributed by atoms with Crippen LogP contribution in [0.15, 0.2) is 70.3 Å². The van der Waals surface area contributed by atoms with Crippen LogP contribution in [0.2, 0.25) is 0 Å². The molecule has 35 heavy (non-hydrogen) atoms. The van der Waals surface area contributed by atoms with Crippen LogP contribution in [0.3, 0.4) is 0 Å². The summed E-state index contributed by atoms with van der Waals surface area (Å²) in [5.74, 6) is 4.13. The molecule has 0 radical (unpaired) electrons. The van der Waals surface area contributed by atoms with E-state index in [0.29, 0.717) is 16.7 Å². The Morgan fingerprint density at radius 1 is 1.14 bits per heavy atom. The van der Waals surface area contributed by atoms with Gasteiger partial charge in [0.05, 0.1) is 28.4 Å². The van der Waals surface area contributed by atoms with Gasteiger partial charge in [0.2, 0.25) is 0 Å². The average Bonchev–Trinajstić information content (AvgIpc) is 2.84. The minimum atomic E-state index is -4.21. The highest BCUT2D eigenvalue weighted by Gasteiger charge is 2.22. The molecule has 0 spiro atoms. The van der Waals surface area contributed by atoms with Gasteiger partial charge in [-0.05, 0) is 58.4 Å². The largest absolute Gasteiger partial charge is 0.496 e. The van der Waals surface area contributed by atoms with Crippen molar-refractivity contribution in [3.8, 4) is 17.6 Å². The molecule has 0 bridgehead atoms. The highest BCUT2D eigenvalue weighted by atomic mass is 79.9. The lowest BCUT2D eigenvalue weighted by molar-refractivity contribution is 0.0690. The van der Waals surface area contributed by atoms with Crippen molar-refractivity contribution >= 4 is 48.5 Å². The van der Waals surface area contributed by atoms with Crippen LogP contribution in [0.1, 0.15) is 21.6 Å². The molecule has 0 unspecified atom stereocenters. The van der Waals surface area contributed by atoms with E-state index in [1.165, 1.54) is 49.8 Å². The third-order valence-electron chi connectivity index (χ3n) is 4.83. The molecule has 2 aromatic carbocycles. The normalized spacial score (nSPS) is 10.9. The maximum atomic E-state index is 14.3. The van der Waals surface area contributed by atoms with Crippen molar-refractivity contribution in [3.05, 3.63) is 88.0 Å². The number of pyridine rings is 2. The summed E-state index contributed by atoms with van der Waals surface area (Å²) in [5.41, 5.74) is 0.515. The van der Waals surface area contributed by atoms with E-state index in [-0.39, 0.29) is 31.8 Å². The maximum Gasteiger partial charge on any atom is 0.354 e. The Balaban J connectivity index is 1.76. The molecule has 0 atom stereocenters. The van der Waals surface area contributed by atoms with E-state index in [2.05, 4.69) is 42.5 Å². The summed E-state index contributed by atoms with van der Waals surface area (Å²) in [6.07, 6.45) is 2.73. The number of sulfonamides is 1. The van der Waals surface area contributed by atoms with Crippen molar-refractivity contribution in [2.24, 2.45) is 0 Å². The molecular formula is C24H15BrFN3O5S. The van der Waals surface area contributed by atoms with Gasteiger partial charge in [0.15, 0.2) is 0 Å². The van der Waals surface area contributed by atoms with Crippen molar-refractivity contribution in [2.75, 3.05) is 11.8 Å². The number of carboxylic acids is 1. The number of carboxylic acid groups (broad SMARTS) is 1. The van der Waals surface area contributed by atoms with Gasteiger partial charge in [-0.15, -0.1) is 0 Å². The van der Waals surface area contributed by atoms with Gasteiger partial charge in [0.1, 0.15) is 22.2 Å². The Kier molecular flexibility index (Phi) is 6.68. The Hall–Kier alpha value is -4.01. The lowest BCUT2D eigenvalue weighted by atomic mass is 10.1. The molecule has 8 nitrogen and oxygen atoms in total. The zero-order valence-corrected chi connectivity index (χ0v) is 20.3. The number of methoxy groups -OCH3 is 1.